The molecule has 4 aromatic carbocycles. The molecule has 0 atom stereocenters. The van der Waals surface area contributed by atoms with Crippen LogP contribution >= 0.6 is 0 Å². The molecule has 0 aliphatic rings. The number of para-hydroxylation sites is 1. The average Bonchev–Trinajstić information content (AvgIpc) is 2.96. The van der Waals surface area contributed by atoms with Crippen molar-refractivity contribution in [2.24, 2.45) is 5.10 Å². The number of nitrogens with zero attached hydrogens (tertiary/aromatic N) is 2. The molecule has 0 aromatic heterocycles. The van der Waals surface area contributed by atoms with Crippen LogP contribution in [0.5, 0.6) is 23.0 Å². The summed E-state index contributed by atoms with van der Waals surface area (Å²) in [6.07, 6.45) is -3.52. The summed E-state index contributed by atoms with van der Waals surface area (Å²) < 4.78 is 55.8. The number of ether oxygens (including phenoxy) is 3. The second-order valence-electron chi connectivity index (χ2n) is 8.42. The van der Waals surface area contributed by atoms with E-state index in [0.717, 1.165) is 11.6 Å². The molecule has 12 heteroatoms. The zero-order valence-corrected chi connectivity index (χ0v) is 21.4. The molecule has 0 heterocycles. The van der Waals surface area contributed by atoms with Crippen molar-refractivity contribution in [3.05, 3.63) is 123 Å². The van der Waals surface area contributed by atoms with Gasteiger partial charge in [-0.15, -0.1) is 0 Å². The van der Waals surface area contributed by atoms with Crippen molar-refractivity contribution in [3.8, 4) is 23.0 Å². The lowest BCUT2D eigenvalue weighted by Crippen LogP contribution is -2.17. The van der Waals surface area contributed by atoms with Crippen LogP contribution in [0.25, 0.3) is 0 Å². The number of nitro benzene ring substituents is 1. The molecule has 0 spiro atoms. The van der Waals surface area contributed by atoms with Crippen LogP contribution in [0.1, 0.15) is 27.0 Å². The number of nitro groups is 1. The fraction of sp³-hybridized carbons (Fsp3) is 0.103. The fourth-order valence-corrected chi connectivity index (χ4v) is 3.61. The van der Waals surface area contributed by atoms with E-state index in [-0.39, 0.29) is 11.3 Å². The van der Waals surface area contributed by atoms with Gasteiger partial charge in [0.15, 0.2) is 11.5 Å². The highest BCUT2D eigenvalue weighted by Crippen LogP contribution is 2.38. The van der Waals surface area contributed by atoms with Crippen LogP contribution in [0.4, 0.5) is 18.9 Å². The third-order valence-corrected chi connectivity index (χ3v) is 5.65. The molecule has 4 aromatic rings. The molecule has 1 N–H and O–H groups in total. The van der Waals surface area contributed by atoms with E-state index in [2.05, 4.69) is 10.5 Å². The minimum Gasteiger partial charge on any atom is -0.493 e. The van der Waals surface area contributed by atoms with Gasteiger partial charge in [-0.2, -0.15) is 18.3 Å². The van der Waals surface area contributed by atoms with E-state index >= 15 is 0 Å². The average molecular weight is 566 g/mol. The van der Waals surface area contributed by atoms with Crippen LogP contribution < -0.4 is 19.6 Å². The Morgan fingerprint density at radius 1 is 0.927 bits per heavy atom. The molecule has 4 rings (SSSR count). The van der Waals surface area contributed by atoms with Crippen molar-refractivity contribution >= 4 is 17.8 Å². The van der Waals surface area contributed by atoms with Gasteiger partial charge in [-0.3, -0.25) is 14.9 Å². The van der Waals surface area contributed by atoms with Gasteiger partial charge in [0.25, 0.3) is 5.91 Å². The Kier molecular flexibility index (Phi) is 8.82. The normalized spacial score (nSPS) is 11.2. The second-order valence-corrected chi connectivity index (χ2v) is 8.42. The summed E-state index contributed by atoms with van der Waals surface area (Å²) in [5.41, 5.74) is 1.82. The molecule has 0 radical (unpaired) electrons. The second kappa shape index (κ2) is 12.6. The maximum absolute atomic E-state index is 13.0. The van der Waals surface area contributed by atoms with E-state index in [1.807, 2.05) is 30.3 Å². The van der Waals surface area contributed by atoms with E-state index in [4.69, 9.17) is 14.2 Å². The SMILES string of the molecule is COc1cc(C(=O)N/N=C/c2ccccc2Oc2ccc(C(F)(F)F)cc2[N+](=O)[O-])ccc1OCc1ccccc1. The highest BCUT2D eigenvalue weighted by atomic mass is 19.4. The van der Waals surface area contributed by atoms with Crippen molar-refractivity contribution in [2.45, 2.75) is 12.8 Å². The number of carbonyl (C=O) groups is 1. The lowest BCUT2D eigenvalue weighted by atomic mass is 10.1. The van der Waals surface area contributed by atoms with Crippen LogP contribution in [0.15, 0.2) is 96.1 Å². The highest BCUT2D eigenvalue weighted by Gasteiger charge is 2.33. The van der Waals surface area contributed by atoms with Crippen LogP contribution in [0.2, 0.25) is 0 Å². The number of benzene rings is 4. The molecule has 1 amide bonds. The smallest absolute Gasteiger partial charge is 0.416 e. The summed E-state index contributed by atoms with van der Waals surface area (Å²) in [6, 6.07) is 22.3. The van der Waals surface area contributed by atoms with Gasteiger partial charge in [-0.1, -0.05) is 42.5 Å². The van der Waals surface area contributed by atoms with Crippen molar-refractivity contribution < 1.29 is 37.1 Å². The Hall–Kier alpha value is -5.39. The Labute approximate surface area is 231 Å². The Bertz CT molecular complexity index is 1580. The van der Waals surface area contributed by atoms with Crippen molar-refractivity contribution in [3.63, 3.8) is 0 Å². The first-order valence-corrected chi connectivity index (χ1v) is 12.0. The monoisotopic (exact) mass is 565 g/mol. The third-order valence-electron chi connectivity index (χ3n) is 5.65. The van der Waals surface area contributed by atoms with Crippen LogP contribution in [-0.2, 0) is 12.8 Å². The molecular formula is C29H22F3N3O6. The number of methoxy groups -OCH3 is 1. The Morgan fingerprint density at radius 2 is 1.63 bits per heavy atom. The van der Waals surface area contributed by atoms with Gasteiger partial charge >= 0.3 is 11.9 Å². The zero-order valence-electron chi connectivity index (χ0n) is 21.4. The van der Waals surface area contributed by atoms with Gasteiger partial charge in [0.05, 0.1) is 23.8 Å². The van der Waals surface area contributed by atoms with E-state index < -0.39 is 34.0 Å². The highest BCUT2D eigenvalue weighted by molar-refractivity contribution is 5.95. The zero-order chi connectivity index (χ0) is 29.4. The van der Waals surface area contributed by atoms with Gasteiger partial charge < -0.3 is 14.2 Å². The number of hydrogen-bond donors (Lipinski definition) is 1. The maximum Gasteiger partial charge on any atom is 0.416 e. The molecule has 0 saturated heterocycles. The molecule has 0 aliphatic carbocycles. The standard InChI is InChI=1S/C29H22F3N3O6/c1-39-27-15-20(11-13-26(27)40-18-19-7-3-2-4-8-19)28(36)34-33-17-21-9-5-6-10-24(21)41-25-14-12-22(29(30,31)32)16-23(25)35(37)38/h2-17H,18H2,1H3,(H,34,36)/b33-17+. The maximum atomic E-state index is 13.0. The summed E-state index contributed by atoms with van der Waals surface area (Å²) in [7, 11) is 1.45. The van der Waals surface area contributed by atoms with E-state index in [1.165, 1.54) is 31.5 Å². The number of carbonyl (C=O) groups excluding carboxylic acids is 1. The van der Waals surface area contributed by atoms with Crippen LogP contribution in [0.3, 0.4) is 0 Å². The minimum atomic E-state index is -4.76. The number of alkyl halides is 3. The summed E-state index contributed by atoms with van der Waals surface area (Å²) in [5.74, 6) is -0.107. The number of rotatable bonds is 10. The van der Waals surface area contributed by atoms with Crippen molar-refractivity contribution in [1.82, 2.24) is 5.43 Å². The molecule has 0 aliphatic heterocycles. The quantitative estimate of drug-likeness (QED) is 0.129. The molecule has 41 heavy (non-hydrogen) atoms. The van der Waals surface area contributed by atoms with Gasteiger partial charge in [0.2, 0.25) is 5.75 Å². The predicted molar refractivity (Wildman–Crippen MR) is 143 cm³/mol. The lowest BCUT2D eigenvalue weighted by Gasteiger charge is -2.12. The van der Waals surface area contributed by atoms with Gasteiger partial charge in [-0.25, -0.2) is 5.43 Å². The molecule has 0 unspecified atom stereocenters. The van der Waals surface area contributed by atoms with Gasteiger partial charge in [0, 0.05) is 17.2 Å². The molecule has 9 nitrogen and oxygen atoms in total. The largest absolute Gasteiger partial charge is 0.493 e. The summed E-state index contributed by atoms with van der Waals surface area (Å²) in [6.45, 7) is 0.310. The predicted octanol–water partition coefficient (Wildman–Crippen LogP) is 6.76. The van der Waals surface area contributed by atoms with Crippen molar-refractivity contribution in [2.75, 3.05) is 7.11 Å². The number of hydrogen-bond acceptors (Lipinski definition) is 7. The van der Waals surface area contributed by atoms with E-state index in [0.29, 0.717) is 35.8 Å². The first-order valence-electron chi connectivity index (χ1n) is 12.0. The summed E-state index contributed by atoms with van der Waals surface area (Å²) >= 11 is 0. The summed E-state index contributed by atoms with van der Waals surface area (Å²) in [5, 5.41) is 15.3. The summed E-state index contributed by atoms with van der Waals surface area (Å²) in [4.78, 5) is 23.1. The molecule has 0 fully saturated rings. The first kappa shape index (κ1) is 28.6. The van der Waals surface area contributed by atoms with E-state index in [9.17, 15) is 28.1 Å². The Balaban J connectivity index is 1.46. The van der Waals surface area contributed by atoms with Gasteiger partial charge in [-0.05, 0) is 48.0 Å². The van der Waals surface area contributed by atoms with Crippen molar-refractivity contribution in [1.29, 1.82) is 0 Å². The van der Waals surface area contributed by atoms with Crippen LogP contribution in [0, 0.1) is 10.1 Å². The topological polar surface area (TPSA) is 112 Å². The van der Waals surface area contributed by atoms with Crippen LogP contribution in [-0.4, -0.2) is 24.2 Å². The minimum absolute atomic E-state index is 0.0648. The molecule has 0 saturated carbocycles. The third kappa shape index (κ3) is 7.38. The van der Waals surface area contributed by atoms with Gasteiger partial charge in [0.1, 0.15) is 12.4 Å². The fourth-order valence-electron chi connectivity index (χ4n) is 3.61. The first-order chi connectivity index (χ1) is 19.7. The van der Waals surface area contributed by atoms with E-state index in [1.54, 1.807) is 24.3 Å². The number of halogens is 3. The molecule has 210 valence electrons. The molecule has 0 bridgehead atoms. The number of hydrazone groups is 1. The molecular weight excluding hydrogens is 543 g/mol. The number of amides is 1. The lowest BCUT2D eigenvalue weighted by molar-refractivity contribution is -0.385. The Morgan fingerprint density at radius 3 is 2.34 bits per heavy atom. The number of nitrogens with one attached hydrogen (secondary N) is 1.